The lowest BCUT2D eigenvalue weighted by Gasteiger charge is -2.17. The summed E-state index contributed by atoms with van der Waals surface area (Å²) in [6.45, 7) is 12.0. The second-order valence-corrected chi connectivity index (χ2v) is 7.45. The molecule has 20 heavy (non-hydrogen) atoms. The molecule has 2 nitrogen and oxygen atoms in total. The fourth-order valence-corrected chi connectivity index (χ4v) is 3.37. The zero-order chi connectivity index (χ0) is 14.8. The summed E-state index contributed by atoms with van der Waals surface area (Å²) in [6, 6.07) is 6.88. The number of nitrogens with one attached hydrogen (secondary N) is 1. The molecule has 0 aliphatic carbocycles. The average Bonchev–Trinajstić information content (AvgIpc) is 2.99. The molecule has 0 bridgehead atoms. The van der Waals surface area contributed by atoms with Gasteiger partial charge >= 0.3 is 0 Å². The van der Waals surface area contributed by atoms with Crippen LogP contribution < -0.4 is 5.32 Å². The molecule has 0 aliphatic heterocycles. The molecule has 2 heterocycles. The summed E-state index contributed by atoms with van der Waals surface area (Å²) in [6.07, 6.45) is 3.00. The smallest absolute Gasteiger partial charge is 0.101 e. The Balaban J connectivity index is 2.29. The Labute approximate surface area is 126 Å². The van der Waals surface area contributed by atoms with Crippen molar-refractivity contribution in [1.29, 1.82) is 0 Å². The van der Waals surface area contributed by atoms with Crippen LogP contribution in [-0.4, -0.2) is 6.54 Å². The van der Waals surface area contributed by atoms with Gasteiger partial charge < -0.3 is 9.73 Å². The molecule has 0 saturated heterocycles. The molecule has 0 aliphatic rings. The van der Waals surface area contributed by atoms with Gasteiger partial charge in [0.25, 0.3) is 0 Å². The quantitative estimate of drug-likeness (QED) is 0.835. The lowest BCUT2D eigenvalue weighted by Crippen LogP contribution is -2.21. The van der Waals surface area contributed by atoms with Gasteiger partial charge in [0.15, 0.2) is 0 Å². The summed E-state index contributed by atoms with van der Waals surface area (Å²) >= 11 is 1.90. The minimum absolute atomic E-state index is 0.213. The van der Waals surface area contributed by atoms with Gasteiger partial charge in [0.2, 0.25) is 0 Å². The minimum atomic E-state index is 0.213. The Bertz CT molecular complexity index is 547. The van der Waals surface area contributed by atoms with Crippen LogP contribution in [-0.2, 0) is 5.41 Å². The van der Waals surface area contributed by atoms with E-state index in [-0.39, 0.29) is 11.5 Å². The molecule has 0 amide bonds. The molecule has 0 radical (unpaired) electrons. The lowest BCUT2D eigenvalue weighted by atomic mass is 9.95. The minimum Gasteiger partial charge on any atom is -0.469 e. The van der Waals surface area contributed by atoms with Crippen molar-refractivity contribution in [2.45, 2.75) is 52.5 Å². The zero-order valence-electron chi connectivity index (χ0n) is 13.1. The van der Waals surface area contributed by atoms with E-state index >= 15 is 0 Å². The Morgan fingerprint density at radius 3 is 2.55 bits per heavy atom. The molecule has 3 heteroatoms. The maximum Gasteiger partial charge on any atom is 0.101 e. The monoisotopic (exact) mass is 291 g/mol. The van der Waals surface area contributed by atoms with Crippen molar-refractivity contribution in [2.24, 2.45) is 0 Å². The van der Waals surface area contributed by atoms with Gasteiger partial charge in [0, 0.05) is 15.3 Å². The van der Waals surface area contributed by atoms with Crippen molar-refractivity contribution in [3.05, 3.63) is 45.5 Å². The first-order valence-corrected chi connectivity index (χ1v) is 8.12. The zero-order valence-corrected chi connectivity index (χ0v) is 13.9. The molecule has 0 fully saturated rings. The van der Waals surface area contributed by atoms with Crippen molar-refractivity contribution in [2.75, 3.05) is 6.54 Å². The summed E-state index contributed by atoms with van der Waals surface area (Å²) < 4.78 is 5.49. The van der Waals surface area contributed by atoms with Gasteiger partial charge in [-0.3, -0.25) is 0 Å². The first kappa shape index (κ1) is 15.3. The lowest BCUT2D eigenvalue weighted by molar-refractivity contribution is 0.524. The third-order valence-corrected chi connectivity index (χ3v) is 4.91. The van der Waals surface area contributed by atoms with Gasteiger partial charge in [0.1, 0.15) is 5.76 Å². The fraction of sp³-hybridized carbons (Fsp3) is 0.529. The predicted molar refractivity (Wildman–Crippen MR) is 86.6 cm³/mol. The molecule has 0 aromatic carbocycles. The number of hydrogen-bond donors (Lipinski definition) is 1. The highest BCUT2D eigenvalue weighted by Gasteiger charge is 2.21. The number of thiophene rings is 1. The SMILES string of the molecule is CCCNC(c1coc(C)c1)c1ccc(C(C)(C)C)s1. The van der Waals surface area contributed by atoms with Crippen molar-refractivity contribution in [3.8, 4) is 0 Å². The van der Waals surface area contributed by atoms with Crippen LogP contribution in [0.3, 0.4) is 0 Å². The van der Waals surface area contributed by atoms with Gasteiger partial charge in [-0.15, -0.1) is 11.3 Å². The van der Waals surface area contributed by atoms with Crippen LogP contribution in [0.1, 0.15) is 61.2 Å². The summed E-state index contributed by atoms with van der Waals surface area (Å²) in [5.74, 6) is 0.968. The second-order valence-electron chi connectivity index (χ2n) is 6.33. The van der Waals surface area contributed by atoms with Crippen LogP contribution in [0.5, 0.6) is 0 Å². The summed E-state index contributed by atoms with van der Waals surface area (Å²) in [4.78, 5) is 2.79. The third kappa shape index (κ3) is 3.53. The summed E-state index contributed by atoms with van der Waals surface area (Å²) in [5.41, 5.74) is 1.43. The maximum absolute atomic E-state index is 5.49. The van der Waals surface area contributed by atoms with Crippen LogP contribution in [0, 0.1) is 6.92 Å². The predicted octanol–water partition coefficient (Wildman–Crippen LogP) is 5.04. The maximum atomic E-state index is 5.49. The van der Waals surface area contributed by atoms with Gasteiger partial charge in [-0.2, -0.15) is 0 Å². The Hall–Kier alpha value is -1.06. The Morgan fingerprint density at radius 2 is 2.05 bits per heavy atom. The first-order valence-electron chi connectivity index (χ1n) is 7.30. The fourth-order valence-electron chi connectivity index (χ4n) is 2.20. The molecule has 2 aromatic rings. The van der Waals surface area contributed by atoms with Gasteiger partial charge in [0.05, 0.1) is 12.3 Å². The molecule has 0 saturated carbocycles. The van der Waals surface area contributed by atoms with E-state index in [1.165, 1.54) is 15.3 Å². The molecule has 1 unspecified atom stereocenters. The van der Waals surface area contributed by atoms with Crippen LogP contribution in [0.15, 0.2) is 28.9 Å². The normalized spacial score (nSPS) is 13.7. The van der Waals surface area contributed by atoms with Crippen molar-refractivity contribution in [3.63, 3.8) is 0 Å². The first-order chi connectivity index (χ1) is 9.41. The Morgan fingerprint density at radius 1 is 1.30 bits per heavy atom. The molecule has 1 N–H and O–H groups in total. The van der Waals surface area contributed by atoms with E-state index in [0.717, 1.165) is 18.7 Å². The van der Waals surface area contributed by atoms with Crippen LogP contribution in [0.2, 0.25) is 0 Å². The average molecular weight is 291 g/mol. The highest BCUT2D eigenvalue weighted by molar-refractivity contribution is 7.12. The highest BCUT2D eigenvalue weighted by Crippen LogP contribution is 2.35. The van der Waals surface area contributed by atoms with E-state index in [4.69, 9.17) is 4.42 Å². The standard InChI is InChI=1S/C17H25NOS/c1-6-9-18-16(13-10-12(2)19-11-13)14-7-8-15(20-14)17(3,4)5/h7-8,10-11,16,18H,6,9H2,1-5H3. The van der Waals surface area contributed by atoms with Crippen molar-refractivity contribution < 1.29 is 4.42 Å². The number of rotatable bonds is 5. The van der Waals surface area contributed by atoms with E-state index in [9.17, 15) is 0 Å². The second kappa shape index (κ2) is 6.15. The van der Waals surface area contributed by atoms with Crippen LogP contribution >= 0.6 is 11.3 Å². The van der Waals surface area contributed by atoms with E-state index in [1.807, 2.05) is 24.5 Å². The van der Waals surface area contributed by atoms with Crippen molar-refractivity contribution in [1.82, 2.24) is 5.32 Å². The molecular weight excluding hydrogens is 266 g/mol. The van der Waals surface area contributed by atoms with Crippen LogP contribution in [0.4, 0.5) is 0 Å². The van der Waals surface area contributed by atoms with E-state index in [0.29, 0.717) is 0 Å². The summed E-state index contributed by atoms with van der Waals surface area (Å²) in [7, 11) is 0. The number of hydrogen-bond acceptors (Lipinski definition) is 3. The van der Waals surface area contributed by atoms with Gasteiger partial charge in [-0.25, -0.2) is 0 Å². The van der Waals surface area contributed by atoms with E-state index < -0.39 is 0 Å². The molecule has 2 aromatic heterocycles. The number of aryl methyl sites for hydroxylation is 1. The third-order valence-electron chi connectivity index (χ3n) is 3.33. The molecule has 110 valence electrons. The Kier molecular flexibility index (Phi) is 4.71. The van der Waals surface area contributed by atoms with E-state index in [1.54, 1.807) is 0 Å². The molecule has 0 spiro atoms. The number of furan rings is 1. The highest BCUT2D eigenvalue weighted by atomic mass is 32.1. The largest absolute Gasteiger partial charge is 0.469 e. The van der Waals surface area contributed by atoms with Gasteiger partial charge in [-0.1, -0.05) is 27.7 Å². The van der Waals surface area contributed by atoms with Crippen LogP contribution in [0.25, 0.3) is 0 Å². The van der Waals surface area contributed by atoms with Gasteiger partial charge in [-0.05, 0) is 43.5 Å². The molecule has 1 atom stereocenters. The van der Waals surface area contributed by atoms with E-state index in [2.05, 4.69) is 51.2 Å². The topological polar surface area (TPSA) is 25.2 Å². The molecule has 2 rings (SSSR count). The van der Waals surface area contributed by atoms with Crippen molar-refractivity contribution >= 4 is 11.3 Å². The molecular formula is C17H25NOS. The summed E-state index contributed by atoms with van der Waals surface area (Å²) in [5, 5.41) is 3.63.